The first kappa shape index (κ1) is 14.5. The summed E-state index contributed by atoms with van der Waals surface area (Å²) in [5.74, 6) is -0.184. The van der Waals surface area contributed by atoms with Gasteiger partial charge in [-0.25, -0.2) is 5.48 Å². The van der Waals surface area contributed by atoms with E-state index in [-0.39, 0.29) is 0 Å². The first-order chi connectivity index (χ1) is 7.06. The number of carbonyl (C=O) groups excluding carboxylic acids is 1. The summed E-state index contributed by atoms with van der Waals surface area (Å²) < 4.78 is 20.3. The molecular formula is C8H17NO5P+. The van der Waals surface area contributed by atoms with Gasteiger partial charge in [-0.15, -0.1) is 9.05 Å². The molecule has 0 spiro atoms. The monoisotopic (exact) mass is 238 g/mol. The van der Waals surface area contributed by atoms with Gasteiger partial charge in [-0.2, -0.15) is 0 Å². The Morgan fingerprint density at radius 3 is 2.67 bits per heavy atom. The fraction of sp³-hybridized carbons (Fsp3) is 0.875. The van der Waals surface area contributed by atoms with Crippen LogP contribution in [0.4, 0.5) is 0 Å². The maximum Gasteiger partial charge on any atom is 0.697 e. The van der Waals surface area contributed by atoms with Gasteiger partial charge in [0.05, 0.1) is 0 Å². The second-order valence-electron chi connectivity index (χ2n) is 3.40. The number of nitrogens with one attached hydrogen (secondary N) is 1. The molecule has 6 nitrogen and oxygen atoms in total. The molecule has 0 saturated heterocycles. The Morgan fingerprint density at radius 2 is 2.13 bits per heavy atom. The van der Waals surface area contributed by atoms with Crippen molar-refractivity contribution in [1.29, 1.82) is 0 Å². The van der Waals surface area contributed by atoms with E-state index in [0.717, 1.165) is 12.8 Å². The van der Waals surface area contributed by atoms with Crippen LogP contribution in [0.5, 0.6) is 0 Å². The molecule has 1 unspecified atom stereocenters. The third-order valence-electron chi connectivity index (χ3n) is 1.55. The Kier molecular flexibility index (Phi) is 8.41. The van der Waals surface area contributed by atoms with Gasteiger partial charge in [0.15, 0.2) is 6.61 Å². The van der Waals surface area contributed by atoms with Gasteiger partial charge in [0.1, 0.15) is 6.61 Å². The number of hydrogen-bond donors (Lipinski definition) is 2. The van der Waals surface area contributed by atoms with E-state index >= 15 is 0 Å². The average molecular weight is 238 g/mol. The predicted molar refractivity (Wildman–Crippen MR) is 53.5 cm³/mol. The lowest BCUT2D eigenvalue weighted by atomic mass is 10.1. The second kappa shape index (κ2) is 8.73. The number of hydrogen-bond acceptors (Lipinski definition) is 5. The lowest BCUT2D eigenvalue weighted by molar-refractivity contribution is -0.131. The number of carbonyl (C=O) groups is 1. The summed E-state index contributed by atoms with van der Waals surface area (Å²) in [5, 5.41) is 8.11. The lowest BCUT2D eigenvalue weighted by Crippen LogP contribution is -2.22. The van der Waals surface area contributed by atoms with Gasteiger partial charge >= 0.3 is 8.25 Å². The first-order valence-electron chi connectivity index (χ1n) is 4.72. The molecular weight excluding hydrogens is 221 g/mol. The van der Waals surface area contributed by atoms with Crippen molar-refractivity contribution in [1.82, 2.24) is 5.48 Å². The molecule has 0 aromatic heterocycles. The molecule has 0 radical (unpaired) electrons. The van der Waals surface area contributed by atoms with E-state index in [2.05, 4.69) is 18.4 Å². The molecule has 0 saturated carbocycles. The normalized spacial score (nSPS) is 11.6. The van der Waals surface area contributed by atoms with Gasteiger partial charge in [-0.1, -0.05) is 13.8 Å². The van der Waals surface area contributed by atoms with Crippen molar-refractivity contribution < 1.29 is 23.6 Å². The number of hydroxylamine groups is 1. The summed E-state index contributed by atoms with van der Waals surface area (Å²) in [6, 6.07) is 0. The summed E-state index contributed by atoms with van der Waals surface area (Å²) in [6.45, 7) is 4.04. The van der Waals surface area contributed by atoms with Crippen LogP contribution in [-0.4, -0.2) is 24.3 Å². The molecule has 0 aromatic carbocycles. The highest BCUT2D eigenvalue weighted by molar-refractivity contribution is 7.33. The minimum atomic E-state index is -2.27. The van der Waals surface area contributed by atoms with E-state index in [0.29, 0.717) is 12.5 Å². The van der Waals surface area contributed by atoms with E-state index in [1.165, 1.54) is 5.48 Å². The van der Waals surface area contributed by atoms with Gasteiger partial charge in [0.2, 0.25) is 0 Å². The zero-order valence-corrected chi connectivity index (χ0v) is 9.83. The molecule has 0 fully saturated rings. The van der Waals surface area contributed by atoms with Gasteiger partial charge < -0.3 is 0 Å². The van der Waals surface area contributed by atoms with Crippen LogP contribution in [0.25, 0.3) is 0 Å². The minimum absolute atomic E-state index is 0.341. The Balaban J connectivity index is 3.37. The van der Waals surface area contributed by atoms with E-state index in [1.54, 1.807) is 0 Å². The second-order valence-corrected chi connectivity index (χ2v) is 4.36. The molecule has 0 aliphatic heterocycles. The fourth-order valence-electron chi connectivity index (χ4n) is 0.812. The van der Waals surface area contributed by atoms with Crippen molar-refractivity contribution in [2.75, 3.05) is 13.2 Å². The van der Waals surface area contributed by atoms with E-state index in [4.69, 9.17) is 9.73 Å². The summed E-state index contributed by atoms with van der Waals surface area (Å²) in [5.41, 5.74) is 1.35. The Bertz CT molecular complexity index is 209. The molecule has 0 heterocycles. The van der Waals surface area contributed by atoms with Crippen LogP contribution in [-0.2, 0) is 18.4 Å². The SMILES string of the molecule is CC(C)CCCO[P+](=O)OCC(=O)NO. The Morgan fingerprint density at radius 1 is 1.47 bits per heavy atom. The molecule has 0 rings (SSSR count). The van der Waals surface area contributed by atoms with E-state index < -0.39 is 20.8 Å². The molecule has 0 aliphatic rings. The largest absolute Gasteiger partial charge is 0.697 e. The van der Waals surface area contributed by atoms with Crippen molar-refractivity contribution in [3.63, 3.8) is 0 Å². The smallest absolute Gasteiger partial charge is 0.289 e. The van der Waals surface area contributed by atoms with Crippen molar-refractivity contribution in [3.05, 3.63) is 0 Å². The third-order valence-corrected chi connectivity index (χ3v) is 2.28. The van der Waals surface area contributed by atoms with Crippen molar-refractivity contribution in [3.8, 4) is 0 Å². The Labute approximate surface area is 89.9 Å². The highest BCUT2D eigenvalue weighted by Gasteiger charge is 2.21. The summed E-state index contributed by atoms with van der Waals surface area (Å²) >= 11 is 0. The van der Waals surface area contributed by atoms with Crippen molar-refractivity contribution in [2.24, 2.45) is 5.92 Å². The van der Waals surface area contributed by atoms with Crippen LogP contribution < -0.4 is 5.48 Å². The Hall–Kier alpha value is -0.550. The molecule has 2 N–H and O–H groups in total. The topological polar surface area (TPSA) is 84.9 Å². The van der Waals surface area contributed by atoms with Crippen LogP contribution >= 0.6 is 8.25 Å². The molecule has 7 heteroatoms. The highest BCUT2D eigenvalue weighted by atomic mass is 31.1. The molecule has 0 aromatic rings. The molecule has 88 valence electrons. The van der Waals surface area contributed by atoms with Crippen molar-refractivity contribution in [2.45, 2.75) is 26.7 Å². The standard InChI is InChI=1S/C8H16NO5P/c1-7(2)4-3-5-13-15(12)14-6-8(10)9-11/h7H,3-6H2,1-2H3,(H-,9,10,11)/p+1. The fourth-order valence-corrected chi connectivity index (χ4v) is 1.39. The van der Waals surface area contributed by atoms with Gasteiger partial charge in [0.25, 0.3) is 5.91 Å². The average Bonchev–Trinajstić information content (AvgIpc) is 2.20. The van der Waals surface area contributed by atoms with Crippen LogP contribution in [0.15, 0.2) is 0 Å². The van der Waals surface area contributed by atoms with Crippen LogP contribution in [0.3, 0.4) is 0 Å². The quantitative estimate of drug-likeness (QED) is 0.290. The summed E-state index contributed by atoms with van der Waals surface area (Å²) in [6.07, 6.45) is 1.79. The maximum atomic E-state index is 11.0. The molecule has 0 bridgehead atoms. The van der Waals surface area contributed by atoms with E-state index in [9.17, 15) is 9.36 Å². The highest BCUT2D eigenvalue weighted by Crippen LogP contribution is 2.23. The van der Waals surface area contributed by atoms with Crippen LogP contribution in [0.1, 0.15) is 26.7 Å². The molecule has 1 amide bonds. The maximum absolute atomic E-state index is 11.0. The van der Waals surface area contributed by atoms with E-state index in [1.807, 2.05) is 0 Å². The van der Waals surface area contributed by atoms with Gasteiger partial charge in [0, 0.05) is 4.57 Å². The molecule has 15 heavy (non-hydrogen) atoms. The predicted octanol–water partition coefficient (Wildman–Crippen LogP) is 1.62. The van der Waals surface area contributed by atoms with Gasteiger partial charge in [-0.05, 0) is 18.8 Å². The molecule has 1 atom stereocenters. The number of amides is 1. The zero-order valence-electron chi connectivity index (χ0n) is 8.93. The summed E-state index contributed by atoms with van der Waals surface area (Å²) in [4.78, 5) is 10.5. The summed E-state index contributed by atoms with van der Waals surface area (Å²) in [7, 11) is -2.27. The number of rotatable bonds is 8. The lowest BCUT2D eigenvalue weighted by Gasteiger charge is -1.99. The van der Waals surface area contributed by atoms with Crippen LogP contribution in [0.2, 0.25) is 0 Å². The van der Waals surface area contributed by atoms with Crippen LogP contribution in [0, 0.1) is 5.92 Å². The molecule has 0 aliphatic carbocycles. The van der Waals surface area contributed by atoms with Crippen molar-refractivity contribution >= 4 is 14.2 Å². The van der Waals surface area contributed by atoms with Gasteiger partial charge in [-0.3, -0.25) is 10.0 Å². The minimum Gasteiger partial charge on any atom is -0.289 e. The zero-order chi connectivity index (χ0) is 11.7. The first-order valence-corrected chi connectivity index (χ1v) is 5.81. The third kappa shape index (κ3) is 9.75.